The fourth-order valence-electron chi connectivity index (χ4n) is 2.07. The van der Waals surface area contributed by atoms with Gasteiger partial charge in [0, 0.05) is 32.6 Å². The summed E-state index contributed by atoms with van der Waals surface area (Å²) in [7, 11) is 1.66. The van der Waals surface area contributed by atoms with Crippen LogP contribution in [0.1, 0.15) is 23.5 Å². The second-order valence-electron chi connectivity index (χ2n) is 4.28. The average Bonchev–Trinajstić information content (AvgIpc) is 2.88. The van der Waals surface area contributed by atoms with E-state index in [1.807, 2.05) is 6.92 Å². The molecule has 0 aliphatic rings. The molecule has 0 aliphatic carbocycles. The summed E-state index contributed by atoms with van der Waals surface area (Å²) in [5.41, 5.74) is 1.53. The van der Waals surface area contributed by atoms with Crippen LogP contribution in [0.25, 0.3) is 10.3 Å². The molecule has 0 aliphatic heterocycles. The van der Waals surface area contributed by atoms with Gasteiger partial charge in [0.1, 0.15) is 15.2 Å². The van der Waals surface area contributed by atoms with Gasteiger partial charge in [-0.25, -0.2) is 14.8 Å². The maximum absolute atomic E-state index is 12.2. The third-order valence-corrected chi connectivity index (χ3v) is 4.08. The van der Waals surface area contributed by atoms with Crippen molar-refractivity contribution in [2.24, 2.45) is 0 Å². The van der Waals surface area contributed by atoms with Crippen molar-refractivity contribution < 1.29 is 14.3 Å². The van der Waals surface area contributed by atoms with Gasteiger partial charge in [-0.1, -0.05) is 0 Å². The number of carbonyl (C=O) groups excluding carboxylic acids is 1. The van der Waals surface area contributed by atoms with Crippen molar-refractivity contribution in [3.05, 3.63) is 17.3 Å². The largest absolute Gasteiger partial charge is 0.462 e. The summed E-state index contributed by atoms with van der Waals surface area (Å²) in [6, 6.07) is 0. The molecule has 0 unspecified atom stereocenters. The van der Waals surface area contributed by atoms with Gasteiger partial charge in [-0.2, -0.15) is 0 Å². The lowest BCUT2D eigenvalue weighted by molar-refractivity contribution is 0.0532. The Hall–Kier alpha value is -1.73. The molecule has 0 radical (unpaired) electrons. The van der Waals surface area contributed by atoms with E-state index in [4.69, 9.17) is 9.47 Å². The quantitative estimate of drug-likeness (QED) is 0.732. The van der Waals surface area contributed by atoms with Crippen LogP contribution in [0.2, 0.25) is 0 Å². The molecule has 21 heavy (non-hydrogen) atoms. The summed E-state index contributed by atoms with van der Waals surface area (Å²) in [5.74, 6) is -0.326. The maximum Gasteiger partial charge on any atom is 0.350 e. The molecule has 0 N–H and O–H groups in total. The highest BCUT2D eigenvalue weighted by Crippen LogP contribution is 2.36. The van der Waals surface area contributed by atoms with Crippen LogP contribution in [0.5, 0.6) is 0 Å². The van der Waals surface area contributed by atoms with E-state index in [1.165, 1.54) is 11.3 Å². The Kier molecular flexibility index (Phi) is 5.46. The fraction of sp³-hybridized carbons (Fsp3) is 0.500. The number of thiophene rings is 1. The first-order valence-electron chi connectivity index (χ1n) is 6.87. The van der Waals surface area contributed by atoms with Crippen molar-refractivity contribution in [2.75, 3.05) is 38.3 Å². The van der Waals surface area contributed by atoms with E-state index in [9.17, 15) is 4.79 Å². The zero-order chi connectivity index (χ0) is 15.2. The average molecular weight is 309 g/mol. The van der Waals surface area contributed by atoms with E-state index in [0.29, 0.717) is 24.6 Å². The Balaban J connectivity index is 2.51. The van der Waals surface area contributed by atoms with E-state index in [0.717, 1.165) is 22.6 Å². The number of fused-ring (bicyclic) bond motifs is 1. The summed E-state index contributed by atoms with van der Waals surface area (Å²) in [5, 5.41) is 0. The van der Waals surface area contributed by atoms with Crippen LogP contribution in [-0.4, -0.2) is 49.4 Å². The number of carbonyl (C=O) groups is 1. The molecule has 0 saturated carbocycles. The van der Waals surface area contributed by atoms with Gasteiger partial charge in [0.15, 0.2) is 0 Å². The topological polar surface area (TPSA) is 64.5 Å². The second-order valence-corrected chi connectivity index (χ2v) is 5.28. The van der Waals surface area contributed by atoms with Gasteiger partial charge in [-0.3, -0.25) is 0 Å². The van der Waals surface area contributed by atoms with Crippen molar-refractivity contribution in [1.82, 2.24) is 9.97 Å². The van der Waals surface area contributed by atoms with Gasteiger partial charge >= 0.3 is 5.97 Å². The van der Waals surface area contributed by atoms with Gasteiger partial charge in [0.2, 0.25) is 0 Å². The van der Waals surface area contributed by atoms with Gasteiger partial charge in [0.05, 0.1) is 18.9 Å². The molecule has 114 valence electrons. The predicted octanol–water partition coefficient (Wildman–Crippen LogP) is 2.34. The van der Waals surface area contributed by atoms with E-state index in [1.54, 1.807) is 26.4 Å². The van der Waals surface area contributed by atoms with Crippen LogP contribution in [0.3, 0.4) is 0 Å². The third-order valence-electron chi connectivity index (χ3n) is 3.03. The van der Waals surface area contributed by atoms with Crippen LogP contribution < -0.4 is 4.90 Å². The first kappa shape index (κ1) is 15.7. The summed E-state index contributed by atoms with van der Waals surface area (Å²) in [6.07, 6.45) is 3.26. The van der Waals surface area contributed by atoms with Gasteiger partial charge < -0.3 is 14.4 Å². The summed E-state index contributed by atoms with van der Waals surface area (Å²) in [4.78, 5) is 24.2. The molecule has 0 aromatic carbocycles. The zero-order valence-corrected chi connectivity index (χ0v) is 13.3. The van der Waals surface area contributed by atoms with Crippen LogP contribution in [0.4, 0.5) is 5.69 Å². The summed E-state index contributed by atoms with van der Waals surface area (Å²) < 4.78 is 10.3. The summed E-state index contributed by atoms with van der Waals surface area (Å²) >= 11 is 1.32. The fourth-order valence-corrected chi connectivity index (χ4v) is 3.09. The van der Waals surface area contributed by atoms with Gasteiger partial charge in [-0.15, -0.1) is 11.3 Å². The van der Waals surface area contributed by atoms with Crippen molar-refractivity contribution in [2.45, 2.75) is 13.8 Å². The maximum atomic E-state index is 12.2. The van der Waals surface area contributed by atoms with E-state index < -0.39 is 0 Å². The Morgan fingerprint density at radius 2 is 2.10 bits per heavy atom. The Labute approximate surface area is 127 Å². The van der Waals surface area contributed by atoms with Gasteiger partial charge in [0.25, 0.3) is 0 Å². The lowest BCUT2D eigenvalue weighted by Crippen LogP contribution is -2.28. The van der Waals surface area contributed by atoms with Crippen molar-refractivity contribution >= 4 is 33.3 Å². The molecule has 7 heteroatoms. The highest BCUT2D eigenvalue weighted by Gasteiger charge is 2.24. The van der Waals surface area contributed by atoms with E-state index in [2.05, 4.69) is 14.9 Å². The number of esters is 1. The first-order valence-corrected chi connectivity index (χ1v) is 7.69. The smallest absolute Gasteiger partial charge is 0.350 e. The number of anilines is 1. The number of ether oxygens (including phenoxy) is 2. The number of nitrogens with zero attached hydrogens (tertiary/aromatic N) is 3. The molecule has 0 bridgehead atoms. The minimum absolute atomic E-state index is 0.326. The number of hydrogen-bond donors (Lipinski definition) is 0. The first-order chi connectivity index (χ1) is 10.2. The normalized spacial score (nSPS) is 10.8. The van der Waals surface area contributed by atoms with E-state index >= 15 is 0 Å². The van der Waals surface area contributed by atoms with E-state index in [-0.39, 0.29) is 5.97 Å². The number of likely N-dealkylation sites (N-methyl/N-ethyl adjacent to an activating group) is 1. The molecule has 0 amide bonds. The molecule has 0 saturated heterocycles. The number of aromatic nitrogens is 2. The van der Waals surface area contributed by atoms with Crippen molar-refractivity contribution in [1.29, 1.82) is 0 Å². The molecule has 2 aromatic rings. The number of methoxy groups -OCH3 is 1. The molecule has 0 spiro atoms. The van der Waals surface area contributed by atoms with Crippen LogP contribution in [0, 0.1) is 0 Å². The second kappa shape index (κ2) is 7.33. The molecular weight excluding hydrogens is 290 g/mol. The molecule has 6 nitrogen and oxygen atoms in total. The van der Waals surface area contributed by atoms with Crippen LogP contribution in [0.15, 0.2) is 12.4 Å². The SMILES string of the molecule is CCOC(=O)c1sc2nccnc2c1N(CC)CCOC. The van der Waals surface area contributed by atoms with Crippen molar-refractivity contribution in [3.8, 4) is 0 Å². The molecule has 2 rings (SSSR count). The van der Waals surface area contributed by atoms with Crippen LogP contribution in [-0.2, 0) is 9.47 Å². The van der Waals surface area contributed by atoms with Crippen LogP contribution >= 0.6 is 11.3 Å². The molecule has 0 fully saturated rings. The minimum Gasteiger partial charge on any atom is -0.462 e. The van der Waals surface area contributed by atoms with Gasteiger partial charge in [-0.05, 0) is 13.8 Å². The Bertz CT molecular complexity index is 615. The molecule has 2 heterocycles. The monoisotopic (exact) mass is 309 g/mol. The highest BCUT2D eigenvalue weighted by molar-refractivity contribution is 7.21. The molecule has 2 aromatic heterocycles. The predicted molar refractivity (Wildman–Crippen MR) is 83.1 cm³/mol. The third kappa shape index (κ3) is 3.30. The molecular formula is C14H19N3O3S. The number of hydrogen-bond acceptors (Lipinski definition) is 7. The zero-order valence-electron chi connectivity index (χ0n) is 12.5. The minimum atomic E-state index is -0.326. The van der Waals surface area contributed by atoms with Crippen molar-refractivity contribution in [3.63, 3.8) is 0 Å². The molecule has 0 atom stereocenters. The lowest BCUT2D eigenvalue weighted by Gasteiger charge is -2.22. The Morgan fingerprint density at radius 3 is 2.76 bits per heavy atom. The lowest BCUT2D eigenvalue weighted by atomic mass is 10.3. The number of rotatable bonds is 7. The Morgan fingerprint density at radius 1 is 1.33 bits per heavy atom. The highest BCUT2D eigenvalue weighted by atomic mass is 32.1. The summed E-state index contributed by atoms with van der Waals surface area (Å²) in [6.45, 7) is 6.18. The standard InChI is InChI=1S/C14H19N3O3S/c1-4-17(8-9-19-3)11-10-13(16-7-6-15-10)21-12(11)14(18)20-5-2/h6-7H,4-5,8-9H2,1-3H3.